The largest absolute Gasteiger partial charge is 0.393 e. The minimum atomic E-state index is -4.33. The van der Waals surface area contributed by atoms with Crippen molar-refractivity contribution in [3.05, 3.63) is 107 Å². The number of hydrogen-bond donors (Lipinski definition) is 3. The summed E-state index contributed by atoms with van der Waals surface area (Å²) in [5, 5.41) is 19.8. The number of para-hydroxylation sites is 1. The average Bonchev–Trinajstić information content (AvgIpc) is 3.42. The van der Waals surface area contributed by atoms with Crippen LogP contribution >= 0.6 is 0 Å². The Morgan fingerprint density at radius 2 is 1.71 bits per heavy atom. The first kappa shape index (κ1) is 35.0. The number of amides is 1. The van der Waals surface area contributed by atoms with E-state index in [4.69, 9.17) is 0 Å². The van der Waals surface area contributed by atoms with Crippen LogP contribution in [0.5, 0.6) is 0 Å². The van der Waals surface area contributed by atoms with Gasteiger partial charge >= 0.3 is 6.18 Å². The number of carbonyl (C=O) groups excluding carboxylic acids is 2. The van der Waals surface area contributed by atoms with Gasteiger partial charge in [-0.05, 0) is 43.5 Å². The topological polar surface area (TPSA) is 104 Å². The SMILES string of the molecule is CCNc1cc(N2CCN(Cc3ccccc3)CC2)c2cccc3c2c1C(NC(=O)c1ccccc1N1CCCC(C(F)(F)F)CN1)=C(C#N)C3=O. The molecule has 12 heteroatoms. The van der Waals surface area contributed by atoms with Gasteiger partial charge in [0.25, 0.3) is 5.91 Å². The van der Waals surface area contributed by atoms with Crippen molar-refractivity contribution in [3.8, 4) is 6.07 Å². The Balaban J connectivity index is 1.23. The summed E-state index contributed by atoms with van der Waals surface area (Å²) >= 11 is 0. The van der Waals surface area contributed by atoms with Gasteiger partial charge in [-0.25, -0.2) is 5.43 Å². The molecule has 4 aromatic carbocycles. The van der Waals surface area contributed by atoms with Crippen LogP contribution in [0.3, 0.4) is 0 Å². The van der Waals surface area contributed by atoms with Crippen LogP contribution in [0.15, 0.2) is 84.4 Å². The first-order valence-corrected chi connectivity index (χ1v) is 17.7. The predicted octanol–water partition coefficient (Wildman–Crippen LogP) is 6.74. The van der Waals surface area contributed by atoms with E-state index in [1.54, 1.807) is 35.3 Å². The highest BCUT2D eigenvalue weighted by Gasteiger charge is 2.40. The lowest BCUT2D eigenvalue weighted by molar-refractivity contribution is -0.174. The molecule has 52 heavy (non-hydrogen) atoms. The number of nitrogens with zero attached hydrogens (tertiary/aromatic N) is 4. The fourth-order valence-corrected chi connectivity index (χ4v) is 7.55. The summed E-state index contributed by atoms with van der Waals surface area (Å²) in [4.78, 5) is 33.0. The molecule has 0 aromatic heterocycles. The quantitative estimate of drug-likeness (QED) is 0.185. The number of rotatable bonds is 8. The van der Waals surface area contributed by atoms with Crippen LogP contribution in [0.25, 0.3) is 16.5 Å². The lowest BCUT2D eigenvalue weighted by Crippen LogP contribution is -2.46. The number of allylic oxidation sites excluding steroid dienone is 1. The molecule has 0 saturated carbocycles. The van der Waals surface area contributed by atoms with Gasteiger partial charge in [0, 0.05) is 85.6 Å². The molecule has 2 heterocycles. The van der Waals surface area contributed by atoms with Crippen molar-refractivity contribution in [1.29, 1.82) is 5.26 Å². The van der Waals surface area contributed by atoms with Gasteiger partial charge in [-0.15, -0.1) is 0 Å². The number of carbonyl (C=O) groups is 2. The Morgan fingerprint density at radius 3 is 2.44 bits per heavy atom. The molecule has 1 unspecified atom stereocenters. The molecule has 2 aliphatic heterocycles. The highest BCUT2D eigenvalue weighted by molar-refractivity contribution is 6.30. The molecule has 2 saturated heterocycles. The number of nitrogens with one attached hydrogen (secondary N) is 3. The van der Waals surface area contributed by atoms with E-state index in [2.05, 4.69) is 56.2 Å². The third-order valence-corrected chi connectivity index (χ3v) is 10.2. The zero-order chi connectivity index (χ0) is 36.4. The zero-order valence-electron chi connectivity index (χ0n) is 28.9. The fourth-order valence-electron chi connectivity index (χ4n) is 7.55. The molecule has 1 atom stereocenters. The molecule has 1 aliphatic carbocycles. The molecule has 268 valence electrons. The molecule has 0 radical (unpaired) electrons. The summed E-state index contributed by atoms with van der Waals surface area (Å²) in [7, 11) is 0. The number of alkyl halides is 3. The first-order valence-electron chi connectivity index (χ1n) is 17.7. The normalized spacial score (nSPS) is 18.3. The number of hydrogen-bond acceptors (Lipinski definition) is 8. The first-order chi connectivity index (χ1) is 25.2. The van der Waals surface area contributed by atoms with E-state index in [1.165, 1.54) is 5.56 Å². The minimum Gasteiger partial charge on any atom is -0.385 e. The summed E-state index contributed by atoms with van der Waals surface area (Å²) < 4.78 is 40.6. The van der Waals surface area contributed by atoms with E-state index >= 15 is 0 Å². The van der Waals surface area contributed by atoms with E-state index in [-0.39, 0.29) is 42.8 Å². The van der Waals surface area contributed by atoms with Crippen molar-refractivity contribution >= 4 is 45.2 Å². The summed E-state index contributed by atoms with van der Waals surface area (Å²) in [6.07, 6.45) is -4.07. The van der Waals surface area contributed by atoms with Gasteiger partial charge in [0.1, 0.15) is 11.6 Å². The van der Waals surface area contributed by atoms with Crippen molar-refractivity contribution in [2.75, 3.05) is 61.0 Å². The van der Waals surface area contributed by atoms with Gasteiger partial charge in [0.2, 0.25) is 5.78 Å². The second-order valence-corrected chi connectivity index (χ2v) is 13.4. The molecular weight excluding hydrogens is 667 g/mol. The molecule has 2 fully saturated rings. The van der Waals surface area contributed by atoms with Crippen molar-refractivity contribution in [3.63, 3.8) is 0 Å². The lowest BCUT2D eigenvalue weighted by atomic mass is 9.84. The Bertz CT molecular complexity index is 2070. The van der Waals surface area contributed by atoms with Gasteiger partial charge in [-0.1, -0.05) is 60.7 Å². The number of anilines is 3. The molecule has 0 bridgehead atoms. The number of Topliss-reactive ketones (excluding diaryl/α,β-unsaturated/α-hetero) is 1. The van der Waals surface area contributed by atoms with E-state index < -0.39 is 23.8 Å². The molecular formula is C40H40F3N7O2. The number of benzene rings is 4. The Hall–Kier alpha value is -5.38. The van der Waals surface area contributed by atoms with Crippen LogP contribution in [0.4, 0.5) is 30.2 Å². The Labute approximate surface area is 300 Å². The lowest BCUT2D eigenvalue weighted by Gasteiger charge is -2.37. The number of nitriles is 1. The van der Waals surface area contributed by atoms with Crippen LogP contribution in [0.1, 0.15) is 51.6 Å². The summed E-state index contributed by atoms with van der Waals surface area (Å²) in [6.45, 7) is 6.59. The number of piperazine rings is 1. The van der Waals surface area contributed by atoms with Crippen molar-refractivity contribution in [2.24, 2.45) is 5.92 Å². The molecule has 0 spiro atoms. The predicted molar refractivity (Wildman–Crippen MR) is 197 cm³/mol. The molecule has 4 aromatic rings. The molecule has 1 amide bonds. The van der Waals surface area contributed by atoms with Crippen molar-refractivity contribution in [1.82, 2.24) is 15.6 Å². The second kappa shape index (κ2) is 14.7. The number of ketones is 1. The maximum absolute atomic E-state index is 14.2. The maximum atomic E-state index is 14.2. The minimum absolute atomic E-state index is 0.0239. The Morgan fingerprint density at radius 1 is 0.962 bits per heavy atom. The monoisotopic (exact) mass is 707 g/mol. The smallest absolute Gasteiger partial charge is 0.385 e. The average molecular weight is 708 g/mol. The maximum Gasteiger partial charge on any atom is 0.393 e. The van der Waals surface area contributed by atoms with Crippen LogP contribution in [-0.4, -0.2) is 68.6 Å². The number of hydrazine groups is 1. The summed E-state index contributed by atoms with van der Waals surface area (Å²) in [5.74, 6) is -2.56. The van der Waals surface area contributed by atoms with E-state index in [1.807, 2.05) is 31.2 Å². The van der Waals surface area contributed by atoms with Gasteiger partial charge in [0.15, 0.2) is 0 Å². The summed E-state index contributed by atoms with van der Waals surface area (Å²) in [6, 6.07) is 26.7. The third kappa shape index (κ3) is 6.81. The summed E-state index contributed by atoms with van der Waals surface area (Å²) in [5.41, 5.74) is 7.26. The van der Waals surface area contributed by atoms with E-state index in [9.17, 15) is 28.0 Å². The zero-order valence-corrected chi connectivity index (χ0v) is 28.9. The van der Waals surface area contributed by atoms with Crippen LogP contribution in [-0.2, 0) is 6.54 Å². The van der Waals surface area contributed by atoms with E-state index in [0.29, 0.717) is 34.4 Å². The molecule has 9 nitrogen and oxygen atoms in total. The van der Waals surface area contributed by atoms with Crippen LogP contribution < -0.4 is 26.0 Å². The van der Waals surface area contributed by atoms with Gasteiger partial charge < -0.3 is 20.5 Å². The standard InChI is InChI=1S/C40H40F3N7O2/c1-2-45-32-22-34(49-20-18-48(19-21-49)25-26-10-4-3-5-11-26)28-14-8-15-30-35(28)36(32)37(31(23-44)38(30)51)47-39(52)29-13-6-7-16-33(29)50-17-9-12-27(24-46-50)40(41,42)43/h3-8,10-11,13-16,22,27,45-46H,2,9,12,17-21,24-25H2,1H3,(H,47,52). The van der Waals surface area contributed by atoms with Crippen LogP contribution in [0.2, 0.25) is 0 Å². The van der Waals surface area contributed by atoms with Gasteiger partial charge in [-0.2, -0.15) is 18.4 Å². The molecule has 3 aliphatic rings. The second-order valence-electron chi connectivity index (χ2n) is 13.4. The Kier molecular flexibility index (Phi) is 9.90. The van der Waals surface area contributed by atoms with Crippen molar-refractivity contribution < 1.29 is 22.8 Å². The highest BCUT2D eigenvalue weighted by Crippen LogP contribution is 2.44. The highest BCUT2D eigenvalue weighted by atomic mass is 19.4. The third-order valence-electron chi connectivity index (χ3n) is 10.2. The van der Waals surface area contributed by atoms with E-state index in [0.717, 1.165) is 43.8 Å². The van der Waals surface area contributed by atoms with Crippen molar-refractivity contribution in [2.45, 2.75) is 32.5 Å². The van der Waals surface area contributed by atoms with Gasteiger partial charge in [0.05, 0.1) is 22.9 Å². The fraction of sp³-hybridized carbons (Fsp3) is 0.325. The molecule has 3 N–H and O–H groups in total. The number of halogens is 3. The molecule has 7 rings (SSSR count). The van der Waals surface area contributed by atoms with Crippen LogP contribution in [0, 0.1) is 17.2 Å². The van der Waals surface area contributed by atoms with Gasteiger partial charge in [-0.3, -0.25) is 14.5 Å².